The lowest BCUT2D eigenvalue weighted by Gasteiger charge is -2.53. The summed E-state index contributed by atoms with van der Waals surface area (Å²) in [5, 5.41) is 1.68. The fourth-order valence-electron chi connectivity index (χ4n) is 4.87. The fourth-order valence-corrected chi connectivity index (χ4v) is 23.2. The van der Waals surface area contributed by atoms with Crippen molar-refractivity contribution in [2.24, 2.45) is 0 Å². The van der Waals surface area contributed by atoms with Gasteiger partial charge in [-0.05, 0) is 63.2 Å². The van der Waals surface area contributed by atoms with Crippen LogP contribution in [0, 0.1) is 0 Å². The van der Waals surface area contributed by atoms with Crippen molar-refractivity contribution in [1.82, 2.24) is 4.23 Å². The fraction of sp³-hybridized carbons (Fsp3) is 1.00. The summed E-state index contributed by atoms with van der Waals surface area (Å²) in [6.45, 7) is 26.5. The minimum atomic E-state index is -2.04. The van der Waals surface area contributed by atoms with Gasteiger partial charge in [-0.2, -0.15) is 11.8 Å². The van der Waals surface area contributed by atoms with E-state index in [0.29, 0.717) is 5.25 Å². The molecule has 0 rings (SSSR count). The minimum absolute atomic E-state index is 0.640. The molecule has 0 N–H and O–H groups in total. The van der Waals surface area contributed by atoms with E-state index in [4.69, 9.17) is 8.85 Å². The molecule has 170 valence electrons. The van der Waals surface area contributed by atoms with Gasteiger partial charge in [0, 0.05) is 23.8 Å². The summed E-state index contributed by atoms with van der Waals surface area (Å²) in [5.41, 5.74) is 0. The van der Waals surface area contributed by atoms with Gasteiger partial charge < -0.3 is 13.1 Å². The molecule has 0 amide bonds. The third kappa shape index (κ3) is 7.54. The maximum atomic E-state index is 6.09. The Kier molecular flexibility index (Phi) is 14.5. The van der Waals surface area contributed by atoms with Crippen LogP contribution >= 0.6 is 11.8 Å². The van der Waals surface area contributed by atoms with E-state index in [-0.39, 0.29) is 0 Å². The number of rotatable bonds is 17. The quantitative estimate of drug-likeness (QED) is 0.213. The first-order valence-corrected chi connectivity index (χ1v) is 20.6. The van der Waals surface area contributed by atoms with Crippen LogP contribution in [0.4, 0.5) is 0 Å². The van der Waals surface area contributed by atoms with E-state index < -0.39 is 25.0 Å². The molecule has 0 aliphatic carbocycles. The summed E-state index contributed by atoms with van der Waals surface area (Å²) in [4.78, 5) is 0. The molecule has 0 aliphatic rings. The van der Waals surface area contributed by atoms with Crippen LogP contribution in [-0.4, -0.2) is 59.6 Å². The standard InChI is InChI=1S/C21H51NO2SSi3/c1-11-23-26(10,24-12-2)20-25-21(9)19-22(27(13-3,14-4)15-5)28(16-6,17-7)18-8/h21H,11-20H2,1-10H3. The number of hydrogen-bond donors (Lipinski definition) is 0. The van der Waals surface area contributed by atoms with E-state index >= 15 is 0 Å². The molecule has 1 atom stereocenters. The molecule has 0 aromatic heterocycles. The first kappa shape index (κ1) is 28.9. The summed E-state index contributed by atoms with van der Waals surface area (Å²) in [5.74, 6) is 0. The van der Waals surface area contributed by atoms with Crippen molar-refractivity contribution < 1.29 is 8.85 Å². The first-order valence-electron chi connectivity index (χ1n) is 11.9. The van der Waals surface area contributed by atoms with Gasteiger partial charge in [-0.25, -0.2) is 0 Å². The summed E-state index contributed by atoms with van der Waals surface area (Å²) < 4.78 is 15.4. The Morgan fingerprint density at radius 1 is 0.714 bits per heavy atom. The van der Waals surface area contributed by atoms with Gasteiger partial charge in [0.05, 0.1) is 0 Å². The molecular weight excluding hydrogens is 415 g/mol. The molecule has 0 bridgehead atoms. The zero-order valence-corrected chi connectivity index (χ0v) is 24.6. The Morgan fingerprint density at radius 2 is 1.07 bits per heavy atom. The van der Waals surface area contributed by atoms with E-state index in [1.54, 1.807) is 0 Å². The Morgan fingerprint density at radius 3 is 1.36 bits per heavy atom. The van der Waals surface area contributed by atoms with Gasteiger partial charge in [0.15, 0.2) is 0 Å². The molecule has 0 saturated heterocycles. The Balaban J connectivity index is 5.54. The van der Waals surface area contributed by atoms with Gasteiger partial charge in [0.25, 0.3) is 0 Å². The van der Waals surface area contributed by atoms with Crippen LogP contribution in [0.25, 0.3) is 0 Å². The van der Waals surface area contributed by atoms with Crippen LogP contribution in [0.3, 0.4) is 0 Å². The van der Waals surface area contributed by atoms with Gasteiger partial charge >= 0.3 is 8.56 Å². The highest BCUT2D eigenvalue weighted by Crippen LogP contribution is 2.37. The monoisotopic (exact) mass is 465 g/mol. The molecule has 3 nitrogen and oxygen atoms in total. The van der Waals surface area contributed by atoms with E-state index in [0.717, 1.165) is 18.6 Å². The Bertz CT molecular complexity index is 365. The van der Waals surface area contributed by atoms with E-state index in [1.165, 1.54) is 42.8 Å². The van der Waals surface area contributed by atoms with Gasteiger partial charge in [-0.3, -0.25) is 0 Å². The predicted molar refractivity (Wildman–Crippen MR) is 138 cm³/mol. The van der Waals surface area contributed by atoms with E-state index in [9.17, 15) is 0 Å². The topological polar surface area (TPSA) is 21.7 Å². The second kappa shape index (κ2) is 14.0. The molecule has 0 aromatic carbocycles. The van der Waals surface area contributed by atoms with Gasteiger partial charge in [-0.1, -0.05) is 48.5 Å². The molecule has 1 unspecified atom stereocenters. The molecule has 0 fully saturated rings. The van der Waals surface area contributed by atoms with Crippen LogP contribution in [0.15, 0.2) is 0 Å². The number of thioether (sulfide) groups is 1. The molecule has 0 saturated carbocycles. The lowest BCUT2D eigenvalue weighted by Crippen LogP contribution is -2.67. The SMILES string of the molecule is CCO[Si](C)(CSC(C)CN([Si](CC)(CC)CC)[Si](CC)(CC)CC)OCC. The molecular formula is C21H51NO2SSi3. The molecule has 0 aliphatic heterocycles. The molecule has 0 heterocycles. The average molecular weight is 466 g/mol. The van der Waals surface area contributed by atoms with Crippen molar-refractivity contribution in [3.8, 4) is 0 Å². The normalized spacial score (nSPS) is 14.7. The second-order valence-electron chi connectivity index (χ2n) is 8.30. The molecule has 0 aromatic rings. The first-order chi connectivity index (χ1) is 13.2. The second-order valence-corrected chi connectivity index (χ2v) is 24.1. The molecule has 28 heavy (non-hydrogen) atoms. The van der Waals surface area contributed by atoms with Crippen molar-refractivity contribution >= 4 is 36.8 Å². The van der Waals surface area contributed by atoms with Crippen LogP contribution in [-0.2, 0) is 8.85 Å². The summed E-state index contributed by atoms with van der Waals surface area (Å²) >= 11 is 2.10. The predicted octanol–water partition coefficient (Wildman–Crippen LogP) is 7.10. The van der Waals surface area contributed by atoms with Crippen LogP contribution in [0.1, 0.15) is 62.3 Å². The lowest BCUT2D eigenvalue weighted by molar-refractivity contribution is 0.195. The smallest absolute Gasteiger partial charge is 0.345 e. The maximum Gasteiger partial charge on any atom is 0.345 e. The average Bonchev–Trinajstić information content (AvgIpc) is 2.70. The molecule has 7 heteroatoms. The largest absolute Gasteiger partial charge is 0.394 e. The summed E-state index contributed by atoms with van der Waals surface area (Å²) in [7, 11) is -4.80. The van der Waals surface area contributed by atoms with E-state index in [1.807, 2.05) is 0 Å². The van der Waals surface area contributed by atoms with Crippen LogP contribution in [0.5, 0.6) is 0 Å². The third-order valence-electron chi connectivity index (χ3n) is 7.06. The van der Waals surface area contributed by atoms with Gasteiger partial charge in [0.1, 0.15) is 16.5 Å². The number of hydrogen-bond acceptors (Lipinski definition) is 4. The highest BCUT2D eigenvalue weighted by Gasteiger charge is 2.46. The van der Waals surface area contributed by atoms with E-state index in [2.05, 4.69) is 84.9 Å². The number of nitrogens with zero attached hydrogens (tertiary/aromatic N) is 1. The highest BCUT2D eigenvalue weighted by atomic mass is 32.2. The van der Waals surface area contributed by atoms with Crippen molar-refractivity contribution in [3.05, 3.63) is 0 Å². The summed E-state index contributed by atoms with van der Waals surface area (Å²) in [6.07, 6.45) is 0. The maximum absolute atomic E-state index is 6.09. The van der Waals surface area contributed by atoms with Crippen LogP contribution in [0.2, 0.25) is 42.8 Å². The van der Waals surface area contributed by atoms with Crippen molar-refractivity contribution in [2.75, 3.05) is 25.1 Å². The van der Waals surface area contributed by atoms with Crippen molar-refractivity contribution in [3.63, 3.8) is 0 Å². The summed E-state index contributed by atoms with van der Waals surface area (Å²) in [6, 6.07) is 8.40. The highest BCUT2D eigenvalue weighted by molar-refractivity contribution is 8.01. The zero-order chi connectivity index (χ0) is 21.8. The third-order valence-corrected chi connectivity index (χ3v) is 25.7. The van der Waals surface area contributed by atoms with Crippen molar-refractivity contribution in [1.29, 1.82) is 0 Å². The molecule has 0 radical (unpaired) electrons. The Hall–Kier alpha value is 0.881. The lowest BCUT2D eigenvalue weighted by atomic mass is 10.5. The zero-order valence-electron chi connectivity index (χ0n) is 20.8. The minimum Gasteiger partial charge on any atom is -0.394 e. The van der Waals surface area contributed by atoms with Crippen molar-refractivity contribution in [2.45, 2.75) is 110 Å². The Labute approximate surface area is 185 Å². The van der Waals surface area contributed by atoms with Gasteiger partial charge in [0.2, 0.25) is 0 Å². The van der Waals surface area contributed by atoms with Gasteiger partial charge in [-0.15, -0.1) is 0 Å². The van der Waals surface area contributed by atoms with Crippen LogP contribution < -0.4 is 0 Å². The molecule has 0 spiro atoms.